The topological polar surface area (TPSA) is 63.0 Å². The molecule has 0 unspecified atom stereocenters. The van der Waals surface area contributed by atoms with Crippen molar-refractivity contribution in [2.75, 3.05) is 26.2 Å². The molecule has 0 N–H and O–H groups in total. The largest absolute Gasteiger partial charge is 0.467 e. The monoisotopic (exact) mass is 446 g/mol. The molecule has 33 heavy (non-hydrogen) atoms. The second kappa shape index (κ2) is 13.0. The molecule has 0 saturated carbocycles. The lowest BCUT2D eigenvalue weighted by atomic mass is 10.1. The minimum atomic E-state index is -0.250. The van der Waals surface area contributed by atoms with Gasteiger partial charge in [-0.25, -0.2) is 0 Å². The van der Waals surface area contributed by atoms with Crippen molar-refractivity contribution in [1.82, 2.24) is 9.80 Å². The summed E-state index contributed by atoms with van der Waals surface area (Å²) in [7, 11) is 0. The van der Waals surface area contributed by atoms with E-state index in [1.807, 2.05) is 66.7 Å². The molecule has 0 aliphatic heterocycles. The molecule has 1 aromatic heterocycles. The zero-order valence-electron chi connectivity index (χ0n) is 18.8. The Balaban J connectivity index is 1.59. The molecule has 0 aliphatic rings. The molecule has 6 nitrogen and oxygen atoms in total. The van der Waals surface area contributed by atoms with Crippen LogP contribution < -0.4 is 0 Å². The van der Waals surface area contributed by atoms with Crippen LogP contribution in [0.5, 0.6) is 0 Å². The molecule has 3 rings (SSSR count). The summed E-state index contributed by atoms with van der Waals surface area (Å²) in [5.74, 6) is 0.296. The maximum Gasteiger partial charge on any atom is 0.249 e. The van der Waals surface area contributed by atoms with Gasteiger partial charge in [0.05, 0.1) is 19.4 Å². The number of carbonyl (C=O) groups is 2. The van der Waals surface area contributed by atoms with Crippen molar-refractivity contribution in [1.29, 1.82) is 0 Å². The Labute approximate surface area is 195 Å². The van der Waals surface area contributed by atoms with Gasteiger partial charge >= 0.3 is 0 Å². The van der Waals surface area contributed by atoms with E-state index < -0.39 is 0 Å². The van der Waals surface area contributed by atoms with Gasteiger partial charge in [-0.1, -0.05) is 66.7 Å². The summed E-state index contributed by atoms with van der Waals surface area (Å²) in [6, 6.07) is 23.3. The van der Waals surface area contributed by atoms with Gasteiger partial charge in [-0.3, -0.25) is 9.59 Å². The molecule has 2 amide bonds. The molecule has 0 fully saturated rings. The summed E-state index contributed by atoms with van der Waals surface area (Å²) in [4.78, 5) is 29.1. The molecule has 6 heteroatoms. The third-order valence-electron chi connectivity index (χ3n) is 5.16. The average Bonchev–Trinajstić information content (AvgIpc) is 3.36. The van der Waals surface area contributed by atoms with Crippen molar-refractivity contribution in [3.05, 3.63) is 109 Å². The lowest BCUT2D eigenvalue weighted by Crippen LogP contribution is -2.44. The van der Waals surface area contributed by atoms with Crippen LogP contribution in [0.2, 0.25) is 0 Å². The molecule has 0 bridgehead atoms. The van der Waals surface area contributed by atoms with Crippen LogP contribution in [0.3, 0.4) is 0 Å². The highest BCUT2D eigenvalue weighted by atomic mass is 16.5. The summed E-state index contributed by atoms with van der Waals surface area (Å²) in [6.07, 6.45) is 3.92. The molecular weight excluding hydrogens is 416 g/mol. The summed E-state index contributed by atoms with van der Waals surface area (Å²) in [6.45, 7) is 5.05. The van der Waals surface area contributed by atoms with Crippen molar-refractivity contribution >= 4 is 11.8 Å². The van der Waals surface area contributed by atoms with E-state index in [0.717, 1.165) is 11.1 Å². The zero-order valence-corrected chi connectivity index (χ0v) is 18.8. The fourth-order valence-corrected chi connectivity index (χ4v) is 3.39. The highest BCUT2D eigenvalue weighted by molar-refractivity contribution is 5.85. The highest BCUT2D eigenvalue weighted by Gasteiger charge is 2.21. The van der Waals surface area contributed by atoms with E-state index in [-0.39, 0.29) is 31.5 Å². The molecule has 3 aromatic rings. The number of ether oxygens (including phenoxy) is 1. The van der Waals surface area contributed by atoms with E-state index in [2.05, 4.69) is 6.58 Å². The number of amides is 2. The zero-order chi connectivity index (χ0) is 23.3. The third-order valence-corrected chi connectivity index (χ3v) is 5.16. The first-order valence-electron chi connectivity index (χ1n) is 11.0. The van der Waals surface area contributed by atoms with Gasteiger partial charge in [0.25, 0.3) is 0 Å². The van der Waals surface area contributed by atoms with Gasteiger partial charge in [-0.05, 0) is 29.7 Å². The van der Waals surface area contributed by atoms with Crippen molar-refractivity contribution in [2.45, 2.75) is 19.6 Å². The Hall–Kier alpha value is -3.64. The molecule has 1 heterocycles. The number of nitrogens with zero attached hydrogens (tertiary/aromatic N) is 2. The molecule has 172 valence electrons. The highest BCUT2D eigenvalue weighted by Crippen LogP contribution is 2.10. The minimum absolute atomic E-state index is 0.0466. The van der Waals surface area contributed by atoms with Crippen LogP contribution in [0.25, 0.3) is 0 Å². The van der Waals surface area contributed by atoms with Crippen LogP contribution in [-0.2, 0) is 33.9 Å². The smallest absolute Gasteiger partial charge is 0.249 e. The predicted molar refractivity (Wildman–Crippen MR) is 127 cm³/mol. The van der Waals surface area contributed by atoms with Gasteiger partial charge in [0.1, 0.15) is 18.9 Å². The second-order valence-electron chi connectivity index (χ2n) is 7.67. The normalized spacial score (nSPS) is 10.5. The van der Waals surface area contributed by atoms with Gasteiger partial charge in [-0.15, -0.1) is 6.58 Å². The predicted octanol–water partition coefficient (Wildman–Crippen LogP) is 4.08. The van der Waals surface area contributed by atoms with Gasteiger partial charge in [0.2, 0.25) is 11.8 Å². The fourth-order valence-electron chi connectivity index (χ4n) is 3.39. The number of hydrogen-bond acceptors (Lipinski definition) is 4. The van der Waals surface area contributed by atoms with E-state index in [1.54, 1.807) is 23.3 Å². The summed E-state index contributed by atoms with van der Waals surface area (Å²) in [5, 5.41) is 0. The van der Waals surface area contributed by atoms with Crippen molar-refractivity contribution in [3.8, 4) is 0 Å². The van der Waals surface area contributed by atoms with Gasteiger partial charge in [-0.2, -0.15) is 0 Å². The number of carbonyl (C=O) groups excluding carboxylic acids is 2. The molecule has 0 radical (unpaired) electrons. The van der Waals surface area contributed by atoms with Crippen molar-refractivity contribution < 1.29 is 18.7 Å². The van der Waals surface area contributed by atoms with Gasteiger partial charge in [0.15, 0.2) is 0 Å². The summed E-state index contributed by atoms with van der Waals surface area (Å²) in [5.41, 5.74) is 2.13. The Kier molecular flexibility index (Phi) is 9.48. The Morgan fingerprint density at radius 2 is 1.58 bits per heavy atom. The maximum absolute atomic E-state index is 13.2. The van der Waals surface area contributed by atoms with Crippen LogP contribution in [0, 0.1) is 0 Å². The lowest BCUT2D eigenvalue weighted by molar-refractivity contribution is -0.143. The first-order valence-corrected chi connectivity index (χ1v) is 11.0. The first-order chi connectivity index (χ1) is 16.2. The number of furan rings is 1. The number of hydrogen-bond donors (Lipinski definition) is 0. The average molecular weight is 447 g/mol. The molecule has 0 spiro atoms. The van der Waals surface area contributed by atoms with E-state index in [0.29, 0.717) is 31.9 Å². The lowest BCUT2D eigenvalue weighted by Gasteiger charge is -2.26. The van der Waals surface area contributed by atoms with Crippen molar-refractivity contribution in [2.24, 2.45) is 0 Å². The third kappa shape index (κ3) is 8.09. The van der Waals surface area contributed by atoms with Crippen LogP contribution in [0.15, 0.2) is 96.1 Å². The van der Waals surface area contributed by atoms with Crippen molar-refractivity contribution in [3.63, 3.8) is 0 Å². The van der Waals surface area contributed by atoms with Crippen LogP contribution in [0.1, 0.15) is 16.9 Å². The Morgan fingerprint density at radius 1 is 0.879 bits per heavy atom. The number of rotatable bonds is 13. The molecule has 2 aromatic carbocycles. The maximum atomic E-state index is 13.2. The van der Waals surface area contributed by atoms with E-state index in [9.17, 15) is 9.59 Å². The van der Waals surface area contributed by atoms with E-state index >= 15 is 0 Å². The summed E-state index contributed by atoms with van der Waals surface area (Å²) >= 11 is 0. The Morgan fingerprint density at radius 3 is 2.21 bits per heavy atom. The summed E-state index contributed by atoms with van der Waals surface area (Å²) < 4.78 is 11.0. The van der Waals surface area contributed by atoms with Crippen LogP contribution in [0.4, 0.5) is 0 Å². The number of benzene rings is 2. The van der Waals surface area contributed by atoms with Crippen LogP contribution >= 0.6 is 0 Å². The molecule has 0 atom stereocenters. The van der Waals surface area contributed by atoms with Gasteiger partial charge < -0.3 is 19.0 Å². The SMILES string of the molecule is C=CCN(CC(=O)N(CCc1ccccc1)Cc1ccco1)C(=O)COCc1ccccc1. The van der Waals surface area contributed by atoms with E-state index in [4.69, 9.17) is 9.15 Å². The molecule has 0 aliphatic carbocycles. The molecular formula is C27H30N2O4. The second-order valence-corrected chi connectivity index (χ2v) is 7.67. The molecule has 0 saturated heterocycles. The fraction of sp³-hybridized carbons (Fsp3) is 0.259. The minimum Gasteiger partial charge on any atom is -0.467 e. The van der Waals surface area contributed by atoms with Crippen LogP contribution in [-0.4, -0.2) is 47.9 Å². The first kappa shape index (κ1) is 24.0. The quantitative estimate of drug-likeness (QED) is 0.371. The standard InChI is InChI=1S/C27H30N2O4/c1-2-16-28(27(31)22-32-21-24-12-7-4-8-13-24)20-26(30)29(19-25-14-9-18-33-25)17-15-23-10-5-3-6-11-23/h2-14,18H,1,15-17,19-22H2. The van der Waals surface area contributed by atoms with E-state index in [1.165, 1.54) is 4.90 Å². The van der Waals surface area contributed by atoms with Gasteiger partial charge in [0, 0.05) is 13.1 Å². The Bertz CT molecular complexity index is 987.